The van der Waals surface area contributed by atoms with Crippen molar-refractivity contribution in [1.29, 1.82) is 0 Å². The minimum absolute atomic E-state index is 0. The summed E-state index contributed by atoms with van der Waals surface area (Å²) in [6, 6.07) is 9.37. The Morgan fingerprint density at radius 2 is 1.83 bits per heavy atom. The van der Waals surface area contributed by atoms with Crippen LogP contribution in [0.4, 0.5) is 5.69 Å². The van der Waals surface area contributed by atoms with Crippen LogP contribution in [0.3, 0.4) is 0 Å². The standard InChI is InChI=1S/C17H28N4O2.HI/c1-3-4-12-23-13-8-11-19-17(18-2)20-14-16(22)21-15-9-6-5-7-10-15;/h5-7,9-10H,3-4,8,11-14H2,1-2H3,(H,21,22)(H2,18,19,20);1H. The van der Waals surface area contributed by atoms with Gasteiger partial charge in [0.25, 0.3) is 0 Å². The summed E-state index contributed by atoms with van der Waals surface area (Å²) in [4.78, 5) is 15.9. The number of amides is 1. The molecule has 0 aliphatic heterocycles. The molecule has 0 fully saturated rings. The van der Waals surface area contributed by atoms with Crippen LogP contribution in [0.1, 0.15) is 26.2 Å². The van der Waals surface area contributed by atoms with Gasteiger partial charge in [-0.3, -0.25) is 9.79 Å². The number of ether oxygens (including phenoxy) is 1. The van der Waals surface area contributed by atoms with Crippen molar-refractivity contribution in [3.63, 3.8) is 0 Å². The molecule has 0 aliphatic carbocycles. The topological polar surface area (TPSA) is 74.8 Å². The molecule has 0 heterocycles. The monoisotopic (exact) mass is 448 g/mol. The van der Waals surface area contributed by atoms with Gasteiger partial charge in [0.2, 0.25) is 5.91 Å². The van der Waals surface area contributed by atoms with Crippen molar-refractivity contribution >= 4 is 41.5 Å². The number of benzene rings is 1. The molecule has 7 heteroatoms. The number of rotatable bonds is 10. The van der Waals surface area contributed by atoms with E-state index < -0.39 is 0 Å². The predicted octanol–water partition coefficient (Wildman–Crippen LogP) is 2.61. The first kappa shape index (κ1) is 22.6. The number of hydrogen-bond donors (Lipinski definition) is 3. The highest BCUT2D eigenvalue weighted by Gasteiger charge is 2.03. The summed E-state index contributed by atoms with van der Waals surface area (Å²) < 4.78 is 5.49. The number of para-hydroxylation sites is 1. The van der Waals surface area contributed by atoms with Gasteiger partial charge in [-0.1, -0.05) is 31.5 Å². The number of carbonyl (C=O) groups is 1. The number of guanidine groups is 1. The summed E-state index contributed by atoms with van der Waals surface area (Å²) >= 11 is 0. The quantitative estimate of drug-likeness (QED) is 0.223. The number of aliphatic imine (C=N–C) groups is 1. The molecular weight excluding hydrogens is 419 g/mol. The number of nitrogens with one attached hydrogen (secondary N) is 3. The fourth-order valence-corrected chi connectivity index (χ4v) is 1.84. The number of hydrogen-bond acceptors (Lipinski definition) is 3. The van der Waals surface area contributed by atoms with Gasteiger partial charge >= 0.3 is 0 Å². The average Bonchev–Trinajstić information content (AvgIpc) is 2.57. The number of halogens is 1. The van der Waals surface area contributed by atoms with Gasteiger partial charge in [-0.15, -0.1) is 24.0 Å². The SMILES string of the molecule is CCCCOCCCNC(=NC)NCC(=O)Nc1ccccc1.I. The average molecular weight is 448 g/mol. The van der Waals surface area contributed by atoms with Crippen LogP contribution in [0.5, 0.6) is 0 Å². The van der Waals surface area contributed by atoms with Crippen LogP contribution in [0.25, 0.3) is 0 Å². The van der Waals surface area contributed by atoms with Crippen LogP contribution in [0.2, 0.25) is 0 Å². The first-order chi connectivity index (χ1) is 11.3. The van der Waals surface area contributed by atoms with Crippen molar-refractivity contribution in [2.45, 2.75) is 26.2 Å². The Bertz CT molecular complexity index is 469. The molecule has 1 aromatic carbocycles. The lowest BCUT2D eigenvalue weighted by molar-refractivity contribution is -0.115. The Balaban J connectivity index is 0.00000529. The van der Waals surface area contributed by atoms with Gasteiger partial charge in [0.15, 0.2) is 5.96 Å². The van der Waals surface area contributed by atoms with Crippen LogP contribution < -0.4 is 16.0 Å². The van der Waals surface area contributed by atoms with Gasteiger partial charge in [-0.05, 0) is 25.0 Å². The van der Waals surface area contributed by atoms with E-state index in [4.69, 9.17) is 4.74 Å². The van der Waals surface area contributed by atoms with E-state index in [1.807, 2.05) is 30.3 Å². The van der Waals surface area contributed by atoms with E-state index >= 15 is 0 Å². The van der Waals surface area contributed by atoms with Gasteiger partial charge in [0, 0.05) is 32.5 Å². The summed E-state index contributed by atoms with van der Waals surface area (Å²) in [7, 11) is 1.68. The number of anilines is 1. The molecule has 0 atom stereocenters. The van der Waals surface area contributed by atoms with Gasteiger partial charge in [0.1, 0.15) is 0 Å². The molecule has 0 aliphatic rings. The van der Waals surface area contributed by atoms with E-state index in [9.17, 15) is 4.79 Å². The Hall–Kier alpha value is -1.35. The van der Waals surface area contributed by atoms with Crippen molar-refractivity contribution in [1.82, 2.24) is 10.6 Å². The summed E-state index contributed by atoms with van der Waals surface area (Å²) in [5.74, 6) is 0.504. The van der Waals surface area contributed by atoms with Crippen molar-refractivity contribution in [3.05, 3.63) is 30.3 Å². The Kier molecular flexibility index (Phi) is 14.3. The van der Waals surface area contributed by atoms with E-state index in [1.165, 1.54) is 0 Å². The Labute approximate surface area is 161 Å². The largest absolute Gasteiger partial charge is 0.381 e. The van der Waals surface area contributed by atoms with Gasteiger partial charge in [-0.2, -0.15) is 0 Å². The summed E-state index contributed by atoms with van der Waals surface area (Å²) in [5.41, 5.74) is 0.784. The Morgan fingerprint density at radius 3 is 2.50 bits per heavy atom. The smallest absolute Gasteiger partial charge is 0.243 e. The molecule has 24 heavy (non-hydrogen) atoms. The molecule has 136 valence electrons. The van der Waals surface area contributed by atoms with Gasteiger partial charge in [0.05, 0.1) is 6.54 Å². The number of carbonyl (C=O) groups excluding carboxylic acids is 1. The maximum atomic E-state index is 11.8. The number of unbranched alkanes of at least 4 members (excludes halogenated alkanes) is 1. The van der Waals surface area contributed by atoms with E-state index in [0.29, 0.717) is 5.96 Å². The maximum absolute atomic E-state index is 11.8. The molecule has 1 aromatic rings. The van der Waals surface area contributed by atoms with Crippen LogP contribution in [0, 0.1) is 0 Å². The highest BCUT2D eigenvalue weighted by atomic mass is 127. The minimum atomic E-state index is -0.109. The Morgan fingerprint density at radius 1 is 1.12 bits per heavy atom. The molecule has 3 N–H and O–H groups in total. The zero-order chi connectivity index (χ0) is 16.8. The third-order valence-electron chi connectivity index (χ3n) is 3.10. The predicted molar refractivity (Wildman–Crippen MR) is 110 cm³/mol. The highest BCUT2D eigenvalue weighted by molar-refractivity contribution is 14.0. The maximum Gasteiger partial charge on any atom is 0.243 e. The lowest BCUT2D eigenvalue weighted by Gasteiger charge is -2.12. The minimum Gasteiger partial charge on any atom is -0.381 e. The van der Waals surface area contributed by atoms with Gasteiger partial charge in [-0.25, -0.2) is 0 Å². The lowest BCUT2D eigenvalue weighted by Crippen LogP contribution is -2.41. The summed E-state index contributed by atoms with van der Waals surface area (Å²) in [5, 5.41) is 8.96. The molecule has 1 amide bonds. The first-order valence-electron chi connectivity index (χ1n) is 8.13. The fraction of sp³-hybridized carbons (Fsp3) is 0.529. The molecule has 0 aromatic heterocycles. The normalized spacial score (nSPS) is 10.7. The molecule has 0 radical (unpaired) electrons. The van der Waals surface area contributed by atoms with E-state index in [0.717, 1.165) is 44.7 Å². The van der Waals surface area contributed by atoms with Crippen molar-refractivity contribution in [3.8, 4) is 0 Å². The van der Waals surface area contributed by atoms with E-state index in [1.54, 1.807) is 7.05 Å². The van der Waals surface area contributed by atoms with Crippen molar-refractivity contribution < 1.29 is 9.53 Å². The third-order valence-corrected chi connectivity index (χ3v) is 3.10. The summed E-state index contributed by atoms with van der Waals surface area (Å²) in [6.45, 7) is 4.63. The second kappa shape index (κ2) is 15.2. The molecule has 0 bridgehead atoms. The molecule has 0 saturated heterocycles. The molecule has 0 spiro atoms. The fourth-order valence-electron chi connectivity index (χ4n) is 1.84. The molecule has 1 rings (SSSR count). The van der Waals surface area contributed by atoms with Crippen LogP contribution in [-0.4, -0.2) is 45.2 Å². The second-order valence-electron chi connectivity index (χ2n) is 5.09. The zero-order valence-corrected chi connectivity index (χ0v) is 16.8. The van der Waals surface area contributed by atoms with Crippen LogP contribution >= 0.6 is 24.0 Å². The zero-order valence-electron chi connectivity index (χ0n) is 14.5. The lowest BCUT2D eigenvalue weighted by atomic mass is 10.3. The second-order valence-corrected chi connectivity index (χ2v) is 5.09. The number of nitrogens with zero attached hydrogens (tertiary/aromatic N) is 1. The van der Waals surface area contributed by atoms with E-state index in [2.05, 4.69) is 27.9 Å². The van der Waals surface area contributed by atoms with E-state index in [-0.39, 0.29) is 36.4 Å². The summed E-state index contributed by atoms with van der Waals surface area (Å²) in [6.07, 6.45) is 3.16. The highest BCUT2D eigenvalue weighted by Crippen LogP contribution is 2.03. The van der Waals surface area contributed by atoms with Crippen molar-refractivity contribution in [2.24, 2.45) is 4.99 Å². The van der Waals surface area contributed by atoms with Crippen LogP contribution in [-0.2, 0) is 9.53 Å². The first-order valence-corrected chi connectivity index (χ1v) is 8.13. The van der Waals surface area contributed by atoms with Crippen molar-refractivity contribution in [2.75, 3.05) is 38.7 Å². The van der Waals surface area contributed by atoms with Crippen LogP contribution in [0.15, 0.2) is 35.3 Å². The molecule has 0 unspecified atom stereocenters. The molecular formula is C17H29IN4O2. The third kappa shape index (κ3) is 11.2. The molecule has 0 saturated carbocycles. The molecule has 6 nitrogen and oxygen atoms in total. The van der Waals surface area contributed by atoms with Gasteiger partial charge < -0.3 is 20.7 Å².